The van der Waals surface area contributed by atoms with E-state index >= 15 is 0 Å². The minimum absolute atomic E-state index is 0.490. The summed E-state index contributed by atoms with van der Waals surface area (Å²) in [6, 6.07) is 10.9. The van der Waals surface area contributed by atoms with Crippen LogP contribution in [0.25, 0.3) is 10.4 Å². The summed E-state index contributed by atoms with van der Waals surface area (Å²) in [5.41, 5.74) is 9.74. The summed E-state index contributed by atoms with van der Waals surface area (Å²) in [5, 5.41) is 7.35. The number of azide groups is 1. The third-order valence-electron chi connectivity index (χ3n) is 3.70. The molecular formula is C14H20N4. The fourth-order valence-corrected chi connectivity index (χ4v) is 2.68. The zero-order valence-electron chi connectivity index (χ0n) is 10.6. The van der Waals surface area contributed by atoms with Crippen molar-refractivity contribution in [3.63, 3.8) is 0 Å². The Morgan fingerprint density at radius 3 is 2.78 bits per heavy atom. The average molecular weight is 244 g/mol. The van der Waals surface area contributed by atoms with Gasteiger partial charge in [0.05, 0.1) is 0 Å². The molecule has 2 rings (SSSR count). The first kappa shape index (κ1) is 12.9. The number of benzene rings is 1. The molecule has 4 heteroatoms. The van der Waals surface area contributed by atoms with Crippen molar-refractivity contribution in [1.29, 1.82) is 0 Å². The lowest BCUT2D eigenvalue weighted by Crippen LogP contribution is -2.39. The third kappa shape index (κ3) is 3.76. The predicted octanol–water partition coefficient (Wildman–Crippen LogP) is 3.65. The Balaban J connectivity index is 1.87. The topological polar surface area (TPSA) is 60.8 Å². The Morgan fingerprint density at radius 2 is 2.00 bits per heavy atom. The Labute approximate surface area is 108 Å². The van der Waals surface area contributed by atoms with E-state index < -0.39 is 0 Å². The SMILES string of the molecule is [N-]=[N+]=NCC1CCCCC1NCc1ccccc1. The molecule has 1 aromatic rings. The van der Waals surface area contributed by atoms with Crippen LogP contribution in [-0.4, -0.2) is 12.6 Å². The predicted molar refractivity (Wildman–Crippen MR) is 73.0 cm³/mol. The first-order chi connectivity index (χ1) is 8.90. The molecule has 18 heavy (non-hydrogen) atoms. The largest absolute Gasteiger partial charge is 0.310 e. The van der Waals surface area contributed by atoms with E-state index in [0.29, 0.717) is 18.5 Å². The van der Waals surface area contributed by atoms with E-state index in [0.717, 1.165) is 6.54 Å². The molecule has 4 nitrogen and oxygen atoms in total. The van der Waals surface area contributed by atoms with Crippen molar-refractivity contribution >= 4 is 0 Å². The minimum atomic E-state index is 0.490. The molecule has 0 radical (unpaired) electrons. The lowest BCUT2D eigenvalue weighted by molar-refractivity contribution is 0.267. The molecular weight excluding hydrogens is 224 g/mol. The van der Waals surface area contributed by atoms with Crippen LogP contribution in [0.1, 0.15) is 31.2 Å². The second kappa shape index (κ2) is 7.04. The van der Waals surface area contributed by atoms with Gasteiger partial charge in [-0.2, -0.15) is 0 Å². The van der Waals surface area contributed by atoms with Gasteiger partial charge in [-0.1, -0.05) is 48.3 Å². The molecule has 2 atom stereocenters. The van der Waals surface area contributed by atoms with Gasteiger partial charge >= 0.3 is 0 Å². The van der Waals surface area contributed by atoms with Crippen molar-refractivity contribution in [2.24, 2.45) is 11.0 Å². The van der Waals surface area contributed by atoms with Crippen LogP contribution in [0.15, 0.2) is 35.4 Å². The van der Waals surface area contributed by atoms with Gasteiger partial charge in [0.25, 0.3) is 0 Å². The first-order valence-corrected chi connectivity index (χ1v) is 6.68. The highest BCUT2D eigenvalue weighted by Gasteiger charge is 2.23. The van der Waals surface area contributed by atoms with Crippen LogP contribution in [0.2, 0.25) is 0 Å². The second-order valence-electron chi connectivity index (χ2n) is 4.93. The Morgan fingerprint density at radius 1 is 1.22 bits per heavy atom. The van der Waals surface area contributed by atoms with E-state index in [4.69, 9.17) is 5.53 Å². The lowest BCUT2D eigenvalue weighted by atomic mass is 9.84. The summed E-state index contributed by atoms with van der Waals surface area (Å²) < 4.78 is 0. The second-order valence-corrected chi connectivity index (χ2v) is 4.93. The van der Waals surface area contributed by atoms with Gasteiger partial charge in [0.15, 0.2) is 0 Å². The van der Waals surface area contributed by atoms with Crippen LogP contribution >= 0.6 is 0 Å². The van der Waals surface area contributed by atoms with Crippen molar-refractivity contribution in [3.05, 3.63) is 46.3 Å². The molecule has 1 aliphatic carbocycles. The number of hydrogen-bond donors (Lipinski definition) is 1. The van der Waals surface area contributed by atoms with E-state index in [9.17, 15) is 0 Å². The van der Waals surface area contributed by atoms with E-state index in [1.54, 1.807) is 0 Å². The molecule has 1 N–H and O–H groups in total. The smallest absolute Gasteiger partial charge is 0.0301 e. The van der Waals surface area contributed by atoms with Gasteiger partial charge in [0.2, 0.25) is 0 Å². The van der Waals surface area contributed by atoms with Gasteiger partial charge in [-0.25, -0.2) is 0 Å². The summed E-state index contributed by atoms with van der Waals surface area (Å²) in [6.07, 6.45) is 4.90. The van der Waals surface area contributed by atoms with Gasteiger partial charge in [-0.15, -0.1) is 0 Å². The highest BCUT2D eigenvalue weighted by Crippen LogP contribution is 2.25. The minimum Gasteiger partial charge on any atom is -0.310 e. The van der Waals surface area contributed by atoms with E-state index in [1.807, 2.05) is 6.07 Å². The number of rotatable bonds is 5. The fraction of sp³-hybridized carbons (Fsp3) is 0.571. The van der Waals surface area contributed by atoms with Gasteiger partial charge in [0.1, 0.15) is 0 Å². The number of hydrogen-bond acceptors (Lipinski definition) is 2. The van der Waals surface area contributed by atoms with E-state index in [2.05, 4.69) is 39.6 Å². The van der Waals surface area contributed by atoms with Crippen molar-refractivity contribution in [3.8, 4) is 0 Å². The van der Waals surface area contributed by atoms with Crippen LogP contribution in [0.4, 0.5) is 0 Å². The molecule has 96 valence electrons. The fourth-order valence-electron chi connectivity index (χ4n) is 2.68. The normalized spacial score (nSPS) is 23.3. The van der Waals surface area contributed by atoms with Crippen LogP contribution in [0, 0.1) is 5.92 Å². The molecule has 0 heterocycles. The Hall–Kier alpha value is -1.51. The van der Waals surface area contributed by atoms with Crippen molar-refractivity contribution in [2.45, 2.75) is 38.3 Å². The van der Waals surface area contributed by atoms with Crippen molar-refractivity contribution in [2.75, 3.05) is 6.54 Å². The molecule has 1 aliphatic rings. The van der Waals surface area contributed by atoms with Gasteiger partial charge in [0, 0.05) is 24.0 Å². The third-order valence-corrected chi connectivity index (χ3v) is 3.70. The summed E-state index contributed by atoms with van der Waals surface area (Å²) in [6.45, 7) is 1.53. The highest BCUT2D eigenvalue weighted by molar-refractivity contribution is 5.14. The van der Waals surface area contributed by atoms with Crippen molar-refractivity contribution in [1.82, 2.24) is 5.32 Å². The Kier molecular flexibility index (Phi) is 5.06. The molecule has 1 aromatic carbocycles. The maximum absolute atomic E-state index is 8.43. The van der Waals surface area contributed by atoms with Crippen molar-refractivity contribution < 1.29 is 0 Å². The maximum Gasteiger partial charge on any atom is 0.0301 e. The van der Waals surface area contributed by atoms with E-state index in [1.165, 1.54) is 31.2 Å². The number of nitrogens with one attached hydrogen (secondary N) is 1. The van der Waals surface area contributed by atoms with Crippen LogP contribution in [0.3, 0.4) is 0 Å². The molecule has 1 saturated carbocycles. The van der Waals surface area contributed by atoms with Crippen LogP contribution in [-0.2, 0) is 6.54 Å². The number of nitrogens with zero attached hydrogens (tertiary/aromatic N) is 3. The molecule has 1 fully saturated rings. The maximum atomic E-state index is 8.43. The summed E-state index contributed by atoms with van der Waals surface area (Å²) in [5.74, 6) is 0.498. The highest BCUT2D eigenvalue weighted by atomic mass is 15.1. The molecule has 0 amide bonds. The molecule has 0 aliphatic heterocycles. The molecule has 2 unspecified atom stereocenters. The van der Waals surface area contributed by atoms with E-state index in [-0.39, 0.29) is 0 Å². The molecule has 0 aromatic heterocycles. The zero-order chi connectivity index (χ0) is 12.6. The quantitative estimate of drug-likeness (QED) is 0.479. The van der Waals surface area contributed by atoms with Gasteiger partial charge < -0.3 is 5.32 Å². The zero-order valence-corrected chi connectivity index (χ0v) is 10.6. The first-order valence-electron chi connectivity index (χ1n) is 6.68. The van der Waals surface area contributed by atoms with Crippen LogP contribution < -0.4 is 5.32 Å². The standard InChI is InChI=1S/C14H20N4/c15-18-17-11-13-8-4-5-9-14(13)16-10-12-6-2-1-3-7-12/h1-3,6-7,13-14,16H,4-5,8-11H2. The van der Waals surface area contributed by atoms with Gasteiger partial charge in [-0.3, -0.25) is 0 Å². The summed E-state index contributed by atoms with van der Waals surface area (Å²) >= 11 is 0. The molecule has 0 bridgehead atoms. The average Bonchev–Trinajstić information content (AvgIpc) is 2.45. The summed E-state index contributed by atoms with van der Waals surface area (Å²) in [7, 11) is 0. The molecule has 0 spiro atoms. The van der Waals surface area contributed by atoms with Crippen LogP contribution in [0.5, 0.6) is 0 Å². The van der Waals surface area contributed by atoms with Gasteiger partial charge in [-0.05, 0) is 29.9 Å². The summed E-state index contributed by atoms with van der Waals surface area (Å²) in [4.78, 5) is 2.88. The lowest BCUT2D eigenvalue weighted by Gasteiger charge is -2.31. The molecule has 0 saturated heterocycles. The Bertz CT molecular complexity index is 398. The monoisotopic (exact) mass is 244 g/mol.